The number of hydrogen-bond donors (Lipinski definition) is 4. The maximum atomic E-state index is 14.1. The highest BCUT2D eigenvalue weighted by atomic mass is 32.1. The van der Waals surface area contributed by atoms with E-state index in [2.05, 4.69) is 45.9 Å². The number of imidazole rings is 1. The summed E-state index contributed by atoms with van der Waals surface area (Å²) in [5.74, 6) is 0.581. The first-order valence-electron chi connectivity index (χ1n) is 22.7. The highest BCUT2D eigenvalue weighted by molar-refractivity contribution is 7.19. The van der Waals surface area contributed by atoms with Gasteiger partial charge in [-0.3, -0.25) is 34.7 Å². The standard InChI is InChI=1S/C47H54FN13O5S/c1-31-46(61(65)66)67-47(52-31)55-45(64)36-17-16-35(28-38(36)53-32(2)62)49-20-6-4-3-5-7-21-50-44(63)30-57-23-25-58(26-24-57)42-15-9-13-37(54-42)40-29-51-41-18-19-43(56-60(40)41)59-22-10-14-39(59)33-11-8-12-34(48)27-33/h8-9,11-13,15-19,27-29,39,49H,3-7,10,14,20-26,30H2,1-2H3,(H,50,63)(H,53,62)(H,52,55,64)/t39-/m1/s1. The van der Waals surface area contributed by atoms with Crippen molar-refractivity contribution >= 4 is 67.8 Å². The molecule has 0 radical (unpaired) electrons. The number of piperazine rings is 1. The van der Waals surface area contributed by atoms with Crippen molar-refractivity contribution in [2.24, 2.45) is 0 Å². The van der Waals surface area contributed by atoms with Crippen LogP contribution in [0, 0.1) is 22.9 Å². The number of amides is 3. The van der Waals surface area contributed by atoms with Gasteiger partial charge in [-0.25, -0.2) is 23.9 Å². The van der Waals surface area contributed by atoms with Gasteiger partial charge < -0.3 is 25.8 Å². The molecule has 6 heterocycles. The summed E-state index contributed by atoms with van der Waals surface area (Å²) in [6.07, 6.45) is 8.54. The van der Waals surface area contributed by atoms with Crippen LogP contribution in [0.25, 0.3) is 17.0 Å². The van der Waals surface area contributed by atoms with Crippen LogP contribution in [-0.4, -0.2) is 104 Å². The van der Waals surface area contributed by atoms with Crippen LogP contribution in [0.4, 0.5) is 37.5 Å². The topological polar surface area (TPSA) is 208 Å². The van der Waals surface area contributed by atoms with Crippen molar-refractivity contribution in [1.82, 2.24) is 34.8 Å². The summed E-state index contributed by atoms with van der Waals surface area (Å²) < 4.78 is 15.9. The Labute approximate surface area is 391 Å². The molecule has 0 bridgehead atoms. The van der Waals surface area contributed by atoms with Crippen molar-refractivity contribution in [2.75, 3.05) is 78.1 Å². The van der Waals surface area contributed by atoms with Crippen LogP contribution >= 0.6 is 11.3 Å². The van der Waals surface area contributed by atoms with Crippen molar-refractivity contribution in [3.63, 3.8) is 0 Å². The SMILES string of the molecule is CC(=O)Nc1cc(NCCCCCCCNC(=O)CN2CCN(c3cccc(-c4cnc5ccc(N6CCC[C@@H]6c6cccc(F)c6)nn45)n3)CC2)ccc1C(=O)Nc1nc(C)c([N+](=O)[O-])s1. The van der Waals surface area contributed by atoms with Gasteiger partial charge in [-0.15, -0.1) is 5.10 Å². The number of rotatable bonds is 19. The summed E-state index contributed by atoms with van der Waals surface area (Å²) in [6, 6.07) is 21.8. The third kappa shape index (κ3) is 11.7. The summed E-state index contributed by atoms with van der Waals surface area (Å²) in [4.78, 5) is 68.8. The minimum Gasteiger partial charge on any atom is -0.385 e. The van der Waals surface area contributed by atoms with Gasteiger partial charge in [-0.1, -0.05) is 37.5 Å². The number of pyridine rings is 1. The zero-order valence-corrected chi connectivity index (χ0v) is 38.4. The van der Waals surface area contributed by atoms with E-state index < -0.39 is 10.8 Å². The maximum Gasteiger partial charge on any atom is 0.348 e. The first-order valence-corrected chi connectivity index (χ1v) is 23.5. The van der Waals surface area contributed by atoms with E-state index in [0.29, 0.717) is 25.3 Å². The lowest BCUT2D eigenvalue weighted by Crippen LogP contribution is -2.49. The van der Waals surface area contributed by atoms with E-state index in [9.17, 15) is 28.9 Å². The molecule has 2 aliphatic rings. The van der Waals surface area contributed by atoms with Gasteiger partial charge in [0.2, 0.25) is 11.8 Å². The van der Waals surface area contributed by atoms with Gasteiger partial charge in [0.15, 0.2) is 10.8 Å². The molecule has 8 rings (SSSR count). The predicted octanol–water partition coefficient (Wildman–Crippen LogP) is 7.46. The molecule has 0 spiro atoms. The molecule has 1 atom stereocenters. The molecule has 67 heavy (non-hydrogen) atoms. The lowest BCUT2D eigenvalue weighted by atomic mass is 10.0. The highest BCUT2D eigenvalue weighted by Gasteiger charge is 2.29. The Morgan fingerprint density at radius 1 is 0.881 bits per heavy atom. The Balaban J connectivity index is 0.728. The molecule has 4 N–H and O–H groups in total. The van der Waals surface area contributed by atoms with E-state index in [-0.39, 0.29) is 45.1 Å². The monoisotopic (exact) mass is 931 g/mol. The van der Waals surface area contributed by atoms with Gasteiger partial charge in [0.1, 0.15) is 28.8 Å². The van der Waals surface area contributed by atoms with E-state index in [1.807, 2.05) is 40.9 Å². The van der Waals surface area contributed by atoms with Crippen LogP contribution in [0.1, 0.15) is 79.5 Å². The summed E-state index contributed by atoms with van der Waals surface area (Å²) in [6.45, 7) is 8.33. The molecule has 4 aromatic heterocycles. The Morgan fingerprint density at radius 3 is 2.45 bits per heavy atom. The van der Waals surface area contributed by atoms with Crippen molar-refractivity contribution in [1.29, 1.82) is 0 Å². The highest BCUT2D eigenvalue weighted by Crippen LogP contribution is 2.36. The number of benzene rings is 2. The predicted molar refractivity (Wildman–Crippen MR) is 257 cm³/mol. The number of fused-ring (bicyclic) bond motifs is 1. The van der Waals surface area contributed by atoms with E-state index in [0.717, 1.165) is 129 Å². The molecule has 2 saturated heterocycles. The van der Waals surface area contributed by atoms with Gasteiger partial charge in [-0.2, -0.15) is 0 Å². The average Bonchev–Trinajstić information content (AvgIpc) is 4.07. The molecule has 3 amide bonds. The van der Waals surface area contributed by atoms with Crippen molar-refractivity contribution in [2.45, 2.75) is 64.8 Å². The molecule has 2 aromatic carbocycles. The average molecular weight is 932 g/mol. The fourth-order valence-corrected chi connectivity index (χ4v) is 9.37. The number of nitrogens with zero attached hydrogens (tertiary/aromatic N) is 9. The van der Waals surface area contributed by atoms with E-state index in [1.54, 1.807) is 36.5 Å². The Morgan fingerprint density at radius 2 is 1.67 bits per heavy atom. The second-order valence-electron chi connectivity index (χ2n) is 16.8. The first-order chi connectivity index (χ1) is 32.5. The largest absolute Gasteiger partial charge is 0.385 e. The third-order valence-electron chi connectivity index (χ3n) is 11.9. The number of nitro groups is 1. The number of carbonyl (C=O) groups is 3. The second kappa shape index (κ2) is 21.5. The number of nitrogens with one attached hydrogen (secondary N) is 4. The molecule has 0 aliphatic carbocycles. The fraction of sp³-hybridized carbons (Fsp3) is 0.383. The normalized spacial score (nSPS) is 15.2. The van der Waals surface area contributed by atoms with Gasteiger partial charge >= 0.3 is 5.00 Å². The van der Waals surface area contributed by atoms with Crippen LogP contribution < -0.4 is 31.1 Å². The Hall–Kier alpha value is -7.06. The van der Waals surface area contributed by atoms with Gasteiger partial charge in [0.25, 0.3) is 5.91 Å². The van der Waals surface area contributed by atoms with E-state index in [4.69, 9.17) is 10.1 Å². The summed E-state index contributed by atoms with van der Waals surface area (Å²) in [5, 5.41) is 27.9. The van der Waals surface area contributed by atoms with Gasteiger partial charge in [0, 0.05) is 58.4 Å². The van der Waals surface area contributed by atoms with Crippen molar-refractivity contribution < 1.29 is 23.7 Å². The quantitative estimate of drug-likeness (QED) is 0.0354. The number of unbranched alkanes of at least 4 members (excludes halogenated alkanes) is 4. The zero-order chi connectivity index (χ0) is 46.9. The minimum atomic E-state index is -0.545. The van der Waals surface area contributed by atoms with Crippen molar-refractivity contribution in [3.8, 4) is 11.4 Å². The Kier molecular flexibility index (Phi) is 14.9. The van der Waals surface area contributed by atoms with Gasteiger partial charge in [-0.05, 0) is 104 Å². The lowest BCUT2D eigenvalue weighted by Gasteiger charge is -2.35. The number of halogens is 1. The summed E-state index contributed by atoms with van der Waals surface area (Å²) in [7, 11) is 0. The Bertz CT molecular complexity index is 2740. The third-order valence-corrected chi connectivity index (χ3v) is 13.0. The molecular formula is C47H54FN13O5S. The van der Waals surface area contributed by atoms with E-state index >= 15 is 0 Å². The van der Waals surface area contributed by atoms with Crippen LogP contribution in [0.15, 0.2) is 79.0 Å². The number of hydrogen-bond acceptors (Lipinski definition) is 14. The molecule has 350 valence electrons. The molecule has 2 fully saturated rings. The smallest absolute Gasteiger partial charge is 0.348 e. The minimum absolute atomic E-state index is 0.0258. The fourth-order valence-electron chi connectivity index (χ4n) is 8.59. The summed E-state index contributed by atoms with van der Waals surface area (Å²) in [5.41, 5.74) is 4.69. The molecule has 0 unspecified atom stereocenters. The number of carbonyl (C=O) groups excluding carboxylic acids is 3. The zero-order valence-electron chi connectivity index (χ0n) is 37.5. The number of aryl methyl sites for hydroxylation is 1. The lowest BCUT2D eigenvalue weighted by molar-refractivity contribution is -0.380. The van der Waals surface area contributed by atoms with Gasteiger partial charge in [0.05, 0.1) is 40.7 Å². The van der Waals surface area contributed by atoms with Crippen LogP contribution in [0.2, 0.25) is 0 Å². The van der Waals surface area contributed by atoms with Crippen LogP contribution in [0.5, 0.6) is 0 Å². The number of anilines is 5. The molecular weight excluding hydrogens is 878 g/mol. The number of thiazole rings is 1. The first kappa shape index (κ1) is 46.5. The van der Waals surface area contributed by atoms with E-state index in [1.165, 1.54) is 19.9 Å². The van der Waals surface area contributed by atoms with Crippen LogP contribution in [0.3, 0.4) is 0 Å². The molecule has 6 aromatic rings. The molecule has 20 heteroatoms. The summed E-state index contributed by atoms with van der Waals surface area (Å²) >= 11 is 0.771. The number of aromatic nitrogens is 5. The molecule has 2 aliphatic heterocycles. The molecule has 0 saturated carbocycles. The second-order valence-corrected chi connectivity index (χ2v) is 17.7. The van der Waals surface area contributed by atoms with Crippen LogP contribution in [-0.2, 0) is 9.59 Å². The molecule has 18 nitrogen and oxygen atoms in total. The maximum absolute atomic E-state index is 14.1. The van der Waals surface area contributed by atoms with Crippen molar-refractivity contribution in [3.05, 3.63) is 112 Å².